The normalized spacial score (nSPS) is 52.0. The van der Waals surface area contributed by atoms with Gasteiger partial charge in [-0.1, -0.05) is 19.4 Å². The third-order valence-electron chi connectivity index (χ3n) is 8.63. The Bertz CT molecular complexity index is 667. The summed E-state index contributed by atoms with van der Waals surface area (Å²) in [6.45, 7) is 5.73. The summed E-state index contributed by atoms with van der Waals surface area (Å²) in [5.41, 5.74) is -0.744. The highest BCUT2D eigenvalue weighted by Gasteiger charge is 2.67. The molecule has 0 aromatic heterocycles. The number of carbonyl (C=O) groups is 2. The molecule has 0 aliphatic heterocycles. The molecule has 4 heteroatoms. The number of hydrogen-bond donors (Lipinski definition) is 2. The van der Waals surface area contributed by atoms with Crippen molar-refractivity contribution >= 4 is 11.6 Å². The zero-order valence-electron chi connectivity index (χ0n) is 15.5. The van der Waals surface area contributed by atoms with Gasteiger partial charge in [-0.3, -0.25) is 9.59 Å². The van der Waals surface area contributed by atoms with Crippen molar-refractivity contribution < 1.29 is 19.8 Å². The number of carbonyl (C=O) groups excluding carboxylic acids is 2. The summed E-state index contributed by atoms with van der Waals surface area (Å²) in [6.07, 6.45) is 6.38. The molecule has 7 atom stereocenters. The number of ketones is 2. The average molecular weight is 346 g/mol. The second-order valence-corrected chi connectivity index (χ2v) is 9.53. The average Bonchev–Trinajstić information content (AvgIpc) is 2.80. The highest BCUT2D eigenvalue weighted by molar-refractivity contribution is 5.91. The van der Waals surface area contributed by atoms with Crippen LogP contribution in [0.5, 0.6) is 0 Å². The monoisotopic (exact) mass is 346 g/mol. The van der Waals surface area contributed by atoms with Gasteiger partial charge in [0.05, 0.1) is 6.10 Å². The van der Waals surface area contributed by atoms with E-state index in [1.807, 2.05) is 13.0 Å². The van der Waals surface area contributed by atoms with E-state index in [0.29, 0.717) is 25.2 Å². The molecule has 4 aliphatic rings. The zero-order chi connectivity index (χ0) is 18.2. The molecule has 0 bridgehead atoms. The Morgan fingerprint density at radius 3 is 2.60 bits per heavy atom. The van der Waals surface area contributed by atoms with Crippen LogP contribution >= 0.6 is 0 Å². The van der Waals surface area contributed by atoms with E-state index < -0.39 is 17.1 Å². The first-order chi connectivity index (χ1) is 11.6. The smallest absolute Gasteiger partial charge is 0.161 e. The summed E-state index contributed by atoms with van der Waals surface area (Å²) in [5.74, 6) is 0.776. The molecule has 0 heterocycles. The standard InChI is InChI=1S/C21H30O4/c1-12(22)21(25)9-7-16-15-5-4-13-10-14(23)6-8-19(13,2)18(15)17(24)11-20(16,21)3/h10,15-18,24-25H,4-9,11H2,1-3H3/t15-,16+,17+,18-,19-,20-,21-/m0/s1. The number of hydrogen-bond acceptors (Lipinski definition) is 4. The lowest BCUT2D eigenvalue weighted by atomic mass is 9.45. The first-order valence-corrected chi connectivity index (χ1v) is 9.79. The van der Waals surface area contributed by atoms with Crippen LogP contribution in [0.1, 0.15) is 65.7 Å². The Kier molecular flexibility index (Phi) is 3.66. The van der Waals surface area contributed by atoms with E-state index in [1.54, 1.807) is 0 Å². The van der Waals surface area contributed by atoms with Gasteiger partial charge in [0.15, 0.2) is 11.6 Å². The number of fused-ring (bicyclic) bond motifs is 5. The van der Waals surface area contributed by atoms with Crippen molar-refractivity contribution in [3.63, 3.8) is 0 Å². The minimum atomic E-state index is -1.30. The second kappa shape index (κ2) is 5.26. The van der Waals surface area contributed by atoms with Crippen LogP contribution in [0.25, 0.3) is 0 Å². The van der Waals surface area contributed by atoms with Crippen molar-refractivity contribution in [2.24, 2.45) is 28.6 Å². The lowest BCUT2D eigenvalue weighted by Gasteiger charge is -2.60. The van der Waals surface area contributed by atoms with Crippen LogP contribution < -0.4 is 0 Å². The van der Waals surface area contributed by atoms with Crippen molar-refractivity contribution in [3.8, 4) is 0 Å². The molecule has 0 radical (unpaired) electrons. The summed E-state index contributed by atoms with van der Waals surface area (Å²) in [5, 5.41) is 22.3. The molecule has 0 aromatic rings. The quantitative estimate of drug-likeness (QED) is 0.766. The Hall–Kier alpha value is -1.00. The van der Waals surface area contributed by atoms with E-state index in [2.05, 4.69) is 6.92 Å². The molecule has 0 amide bonds. The molecule has 0 saturated heterocycles. The Morgan fingerprint density at radius 2 is 1.92 bits per heavy atom. The summed E-state index contributed by atoms with van der Waals surface area (Å²) in [7, 11) is 0. The predicted molar refractivity (Wildman–Crippen MR) is 93.7 cm³/mol. The molecule has 138 valence electrons. The zero-order valence-corrected chi connectivity index (χ0v) is 15.5. The van der Waals surface area contributed by atoms with E-state index >= 15 is 0 Å². The van der Waals surface area contributed by atoms with Crippen LogP contribution in [0.2, 0.25) is 0 Å². The molecule has 3 saturated carbocycles. The van der Waals surface area contributed by atoms with Crippen molar-refractivity contribution in [3.05, 3.63) is 11.6 Å². The van der Waals surface area contributed by atoms with Crippen molar-refractivity contribution in [2.75, 3.05) is 0 Å². The molecular weight excluding hydrogens is 316 g/mol. The minimum Gasteiger partial charge on any atom is -0.393 e. The van der Waals surface area contributed by atoms with Gasteiger partial charge in [0.2, 0.25) is 0 Å². The molecule has 3 fully saturated rings. The number of rotatable bonds is 1. The molecule has 25 heavy (non-hydrogen) atoms. The van der Waals surface area contributed by atoms with Crippen LogP contribution in [-0.2, 0) is 9.59 Å². The van der Waals surface area contributed by atoms with Crippen LogP contribution in [0.3, 0.4) is 0 Å². The third-order valence-corrected chi connectivity index (χ3v) is 8.63. The maximum Gasteiger partial charge on any atom is 0.161 e. The fourth-order valence-electron chi connectivity index (χ4n) is 7.27. The molecular formula is C21H30O4. The summed E-state index contributed by atoms with van der Waals surface area (Å²) < 4.78 is 0. The van der Waals surface area contributed by atoms with Gasteiger partial charge in [-0.15, -0.1) is 0 Å². The van der Waals surface area contributed by atoms with Crippen molar-refractivity contribution in [1.29, 1.82) is 0 Å². The highest BCUT2D eigenvalue weighted by atomic mass is 16.3. The van der Waals surface area contributed by atoms with Crippen LogP contribution in [-0.4, -0.2) is 33.5 Å². The Balaban J connectivity index is 1.75. The molecule has 4 nitrogen and oxygen atoms in total. The lowest BCUT2D eigenvalue weighted by molar-refractivity contribution is -0.179. The molecule has 4 rings (SSSR count). The van der Waals surface area contributed by atoms with E-state index in [1.165, 1.54) is 12.5 Å². The van der Waals surface area contributed by atoms with E-state index in [0.717, 1.165) is 25.7 Å². The topological polar surface area (TPSA) is 74.6 Å². The van der Waals surface area contributed by atoms with Gasteiger partial charge >= 0.3 is 0 Å². The summed E-state index contributed by atoms with van der Waals surface area (Å²) in [4.78, 5) is 24.1. The summed E-state index contributed by atoms with van der Waals surface area (Å²) in [6, 6.07) is 0. The van der Waals surface area contributed by atoms with Gasteiger partial charge in [0, 0.05) is 11.8 Å². The molecule has 4 aliphatic carbocycles. The van der Waals surface area contributed by atoms with Crippen LogP contribution in [0.4, 0.5) is 0 Å². The SMILES string of the molecule is CC(=O)[C@@]1(O)CC[C@@H]2[C@@H]3CCC4=CC(=O)CC[C@]4(C)[C@@H]3[C@H](O)C[C@@]21C. The third kappa shape index (κ3) is 2.07. The molecule has 2 N–H and O–H groups in total. The number of aliphatic hydroxyl groups excluding tert-OH is 1. The highest BCUT2D eigenvalue weighted by Crippen LogP contribution is 2.67. The second-order valence-electron chi connectivity index (χ2n) is 9.53. The van der Waals surface area contributed by atoms with Gasteiger partial charge in [0.1, 0.15) is 5.60 Å². The fraction of sp³-hybridized carbons (Fsp3) is 0.810. The maximum atomic E-state index is 12.2. The molecule has 0 aromatic carbocycles. The van der Waals surface area contributed by atoms with Gasteiger partial charge in [-0.05, 0) is 74.7 Å². The van der Waals surface area contributed by atoms with Crippen molar-refractivity contribution in [1.82, 2.24) is 0 Å². The minimum absolute atomic E-state index is 0.117. The van der Waals surface area contributed by atoms with Crippen LogP contribution in [0, 0.1) is 28.6 Å². The van der Waals surface area contributed by atoms with Gasteiger partial charge in [0.25, 0.3) is 0 Å². The maximum absolute atomic E-state index is 12.2. The number of Topliss-reactive ketones (excluding diaryl/α,β-unsaturated/α-hetero) is 1. The first-order valence-electron chi connectivity index (χ1n) is 9.79. The molecule has 0 unspecified atom stereocenters. The summed E-state index contributed by atoms with van der Waals surface area (Å²) >= 11 is 0. The molecule has 0 spiro atoms. The Morgan fingerprint density at radius 1 is 1.20 bits per heavy atom. The lowest BCUT2D eigenvalue weighted by Crippen LogP contribution is -2.61. The first kappa shape index (κ1) is 17.4. The van der Waals surface area contributed by atoms with Crippen molar-refractivity contribution in [2.45, 2.75) is 77.4 Å². The van der Waals surface area contributed by atoms with E-state index in [4.69, 9.17) is 0 Å². The number of aliphatic hydroxyl groups is 2. The largest absolute Gasteiger partial charge is 0.393 e. The van der Waals surface area contributed by atoms with Crippen LogP contribution in [0.15, 0.2) is 11.6 Å². The fourth-order valence-corrected chi connectivity index (χ4v) is 7.27. The Labute approximate surface area is 149 Å². The predicted octanol–water partition coefficient (Wildman–Crippen LogP) is 2.81. The van der Waals surface area contributed by atoms with E-state index in [9.17, 15) is 19.8 Å². The van der Waals surface area contributed by atoms with Gasteiger partial charge < -0.3 is 10.2 Å². The van der Waals surface area contributed by atoms with Gasteiger partial charge in [-0.2, -0.15) is 0 Å². The van der Waals surface area contributed by atoms with Gasteiger partial charge in [-0.25, -0.2) is 0 Å². The van der Waals surface area contributed by atoms with E-state index in [-0.39, 0.29) is 28.8 Å². The number of allylic oxidation sites excluding steroid dienone is 1.